The molecule has 19 heavy (non-hydrogen) atoms. The second-order valence-electron chi connectivity index (χ2n) is 4.08. The van der Waals surface area contributed by atoms with Crippen molar-refractivity contribution < 1.29 is 10.0 Å². The summed E-state index contributed by atoms with van der Waals surface area (Å²) < 4.78 is 0. The number of anilines is 1. The highest BCUT2D eigenvalue weighted by Gasteiger charge is 2.23. The van der Waals surface area contributed by atoms with E-state index in [1.54, 1.807) is 13.8 Å². The number of thioether (sulfide) groups is 1. The number of hydrogen-bond donors (Lipinski definition) is 2. The lowest BCUT2D eigenvalue weighted by Crippen LogP contribution is -2.10. The average molecular weight is 286 g/mol. The van der Waals surface area contributed by atoms with Gasteiger partial charge in [0.25, 0.3) is 0 Å². The summed E-state index contributed by atoms with van der Waals surface area (Å²) in [5, 5.41) is 23.3. The lowest BCUT2D eigenvalue weighted by molar-refractivity contribution is -0.389. The predicted molar refractivity (Wildman–Crippen MR) is 74.6 cm³/mol. The molecule has 0 aliphatic carbocycles. The fourth-order valence-corrected chi connectivity index (χ4v) is 2.31. The van der Waals surface area contributed by atoms with Crippen molar-refractivity contribution in [3.05, 3.63) is 15.8 Å². The van der Waals surface area contributed by atoms with Gasteiger partial charge in [0.1, 0.15) is 5.69 Å². The third-order valence-corrected chi connectivity index (χ3v) is 3.37. The number of hydrogen-bond acceptors (Lipinski definition) is 7. The van der Waals surface area contributed by atoms with Crippen LogP contribution in [0.4, 0.5) is 11.6 Å². The topological polar surface area (TPSA) is 101 Å². The van der Waals surface area contributed by atoms with Crippen LogP contribution in [0, 0.1) is 17.0 Å². The van der Waals surface area contributed by atoms with Gasteiger partial charge in [0.15, 0.2) is 5.03 Å². The van der Waals surface area contributed by atoms with Crippen molar-refractivity contribution >= 4 is 23.4 Å². The molecule has 1 unspecified atom stereocenters. The molecule has 0 aromatic carbocycles. The van der Waals surface area contributed by atoms with Crippen molar-refractivity contribution in [2.75, 3.05) is 18.5 Å². The van der Waals surface area contributed by atoms with E-state index in [9.17, 15) is 10.1 Å². The monoisotopic (exact) mass is 286 g/mol. The lowest BCUT2D eigenvalue weighted by atomic mass is 10.4. The zero-order valence-corrected chi connectivity index (χ0v) is 12.0. The largest absolute Gasteiger partial charge is 0.395 e. The Morgan fingerprint density at radius 3 is 2.74 bits per heavy atom. The summed E-state index contributed by atoms with van der Waals surface area (Å²) in [5.41, 5.74) is 0.235. The maximum atomic E-state index is 11.1. The highest BCUT2D eigenvalue weighted by molar-refractivity contribution is 8.00. The molecule has 2 N–H and O–H groups in total. The summed E-state index contributed by atoms with van der Waals surface area (Å²) in [5.74, 6) is 0.387. The van der Waals surface area contributed by atoms with Crippen molar-refractivity contribution in [1.82, 2.24) is 9.97 Å². The van der Waals surface area contributed by atoms with Crippen LogP contribution in [0.3, 0.4) is 0 Å². The van der Waals surface area contributed by atoms with Crippen molar-refractivity contribution in [3.63, 3.8) is 0 Å². The molecule has 106 valence electrons. The summed E-state index contributed by atoms with van der Waals surface area (Å²) >= 11 is 1.18. The molecule has 1 aromatic heterocycles. The number of nitrogens with zero attached hydrogens (tertiary/aromatic N) is 3. The highest BCUT2D eigenvalue weighted by atomic mass is 32.2. The number of aliphatic hydroxyl groups excluding tert-OH is 1. The molecule has 0 spiro atoms. The van der Waals surface area contributed by atoms with Gasteiger partial charge in [-0.05, 0) is 13.3 Å². The number of aliphatic hydroxyl groups is 1. The summed E-state index contributed by atoms with van der Waals surface area (Å²) in [7, 11) is 0. The Kier molecular flexibility index (Phi) is 5.97. The predicted octanol–water partition coefficient (Wildman–Crippen LogP) is 1.99. The zero-order chi connectivity index (χ0) is 14.4. The first-order valence-corrected chi connectivity index (χ1v) is 6.92. The van der Waals surface area contributed by atoms with Gasteiger partial charge < -0.3 is 10.4 Å². The number of aromatic nitrogens is 2. The van der Waals surface area contributed by atoms with Gasteiger partial charge in [0.05, 0.1) is 11.5 Å². The first-order valence-electron chi connectivity index (χ1n) is 6.04. The van der Waals surface area contributed by atoms with Gasteiger partial charge in [-0.25, -0.2) is 4.98 Å². The van der Waals surface area contributed by atoms with Crippen LogP contribution in [0.2, 0.25) is 0 Å². The van der Waals surface area contributed by atoms with Crippen LogP contribution in [0.5, 0.6) is 0 Å². The Hall–Kier alpha value is -1.41. The van der Waals surface area contributed by atoms with E-state index in [1.807, 2.05) is 6.92 Å². The molecule has 0 aliphatic rings. The maximum Gasteiger partial charge on any atom is 0.322 e. The van der Waals surface area contributed by atoms with E-state index >= 15 is 0 Å². The molecule has 0 saturated carbocycles. The van der Waals surface area contributed by atoms with Gasteiger partial charge >= 0.3 is 5.69 Å². The number of nitro groups is 1. The molecule has 7 nitrogen and oxygen atoms in total. The number of rotatable bonds is 7. The van der Waals surface area contributed by atoms with Crippen LogP contribution in [-0.2, 0) is 0 Å². The first kappa shape index (κ1) is 15.6. The van der Waals surface area contributed by atoms with Crippen LogP contribution >= 0.6 is 11.8 Å². The van der Waals surface area contributed by atoms with Crippen molar-refractivity contribution in [1.29, 1.82) is 0 Å². The number of aryl methyl sites for hydroxylation is 1. The smallest absolute Gasteiger partial charge is 0.322 e. The van der Waals surface area contributed by atoms with Gasteiger partial charge in [0.2, 0.25) is 5.95 Å². The molecule has 1 heterocycles. The van der Waals surface area contributed by atoms with E-state index in [0.717, 1.165) is 6.42 Å². The third kappa shape index (κ3) is 4.32. The molecule has 1 aromatic rings. The summed E-state index contributed by atoms with van der Waals surface area (Å²) in [4.78, 5) is 18.8. The fraction of sp³-hybridized carbons (Fsp3) is 0.636. The molecule has 0 amide bonds. The molecule has 8 heteroatoms. The molecular weight excluding hydrogens is 268 g/mol. The second kappa shape index (κ2) is 7.25. The Morgan fingerprint density at radius 2 is 2.21 bits per heavy atom. The molecule has 0 saturated heterocycles. The normalized spacial score (nSPS) is 12.2. The Bertz CT molecular complexity index is 456. The van der Waals surface area contributed by atoms with Crippen LogP contribution in [0.25, 0.3) is 0 Å². The molecular formula is C11H18N4O3S. The van der Waals surface area contributed by atoms with Crippen LogP contribution < -0.4 is 5.32 Å². The molecule has 0 aliphatic heterocycles. The molecule has 0 bridgehead atoms. The van der Waals surface area contributed by atoms with Gasteiger partial charge in [-0.3, -0.25) is 10.1 Å². The standard InChI is InChI=1S/C11H18N4O3S/c1-4-5-12-11-13-8(3)9(15(17)18)10(14-11)19-7(2)6-16/h7,16H,4-6H2,1-3H3,(H,12,13,14). The van der Waals surface area contributed by atoms with E-state index in [0.29, 0.717) is 18.2 Å². The molecule has 1 rings (SSSR count). The minimum atomic E-state index is -0.481. The van der Waals surface area contributed by atoms with Crippen LogP contribution in [0.15, 0.2) is 5.03 Å². The van der Waals surface area contributed by atoms with Gasteiger partial charge in [-0.1, -0.05) is 25.6 Å². The van der Waals surface area contributed by atoms with E-state index in [4.69, 9.17) is 5.11 Å². The minimum absolute atomic E-state index is 0.0669. The van der Waals surface area contributed by atoms with E-state index in [1.165, 1.54) is 11.8 Å². The highest BCUT2D eigenvalue weighted by Crippen LogP contribution is 2.32. The lowest BCUT2D eigenvalue weighted by Gasteiger charge is -2.10. The molecule has 0 fully saturated rings. The first-order chi connectivity index (χ1) is 8.99. The minimum Gasteiger partial charge on any atom is -0.395 e. The van der Waals surface area contributed by atoms with E-state index < -0.39 is 4.92 Å². The van der Waals surface area contributed by atoms with Crippen molar-refractivity contribution in [2.45, 2.75) is 37.5 Å². The van der Waals surface area contributed by atoms with Gasteiger partial charge in [0, 0.05) is 11.8 Å². The average Bonchev–Trinajstić information content (AvgIpc) is 2.35. The zero-order valence-electron chi connectivity index (χ0n) is 11.2. The Balaban J connectivity index is 3.13. The van der Waals surface area contributed by atoms with Crippen molar-refractivity contribution in [2.24, 2.45) is 0 Å². The van der Waals surface area contributed by atoms with Crippen LogP contribution in [-0.4, -0.2) is 38.4 Å². The van der Waals surface area contributed by atoms with Gasteiger partial charge in [-0.2, -0.15) is 4.98 Å². The summed E-state index contributed by atoms with van der Waals surface area (Å²) in [6, 6.07) is 0. The Morgan fingerprint density at radius 1 is 1.53 bits per heavy atom. The summed E-state index contributed by atoms with van der Waals surface area (Å²) in [6.07, 6.45) is 0.912. The SMILES string of the molecule is CCCNc1nc(C)c([N+](=O)[O-])c(SC(C)CO)n1. The quantitative estimate of drug-likeness (QED) is 0.342. The van der Waals surface area contributed by atoms with E-state index in [-0.39, 0.29) is 22.6 Å². The maximum absolute atomic E-state index is 11.1. The van der Waals surface area contributed by atoms with E-state index in [2.05, 4.69) is 15.3 Å². The number of nitrogens with one attached hydrogen (secondary N) is 1. The Labute approximate surface area is 116 Å². The fourth-order valence-electron chi connectivity index (χ4n) is 1.38. The molecule has 0 radical (unpaired) electrons. The van der Waals surface area contributed by atoms with Gasteiger partial charge in [-0.15, -0.1) is 0 Å². The summed E-state index contributed by atoms with van der Waals surface area (Å²) in [6.45, 7) is 6.02. The second-order valence-corrected chi connectivity index (χ2v) is 5.51. The third-order valence-electron chi connectivity index (χ3n) is 2.31. The van der Waals surface area contributed by atoms with Crippen molar-refractivity contribution in [3.8, 4) is 0 Å². The van der Waals surface area contributed by atoms with Crippen LogP contribution in [0.1, 0.15) is 26.0 Å². The molecule has 1 atom stereocenters.